The van der Waals surface area contributed by atoms with Crippen molar-refractivity contribution < 1.29 is 23.8 Å². The number of hydrogen-bond acceptors (Lipinski definition) is 8. The molecule has 0 bridgehead atoms. The molecule has 1 atom stereocenters. The molecule has 2 amide bonds. The van der Waals surface area contributed by atoms with E-state index in [0.29, 0.717) is 28.1 Å². The maximum absolute atomic E-state index is 12.3. The Morgan fingerprint density at radius 1 is 1.13 bits per heavy atom. The Hall–Kier alpha value is -3.53. The molecule has 1 saturated heterocycles. The molecule has 0 aliphatic carbocycles. The van der Waals surface area contributed by atoms with Crippen molar-refractivity contribution in [1.29, 1.82) is 0 Å². The highest BCUT2D eigenvalue weighted by molar-refractivity contribution is 8.15. The molecule has 0 spiro atoms. The van der Waals surface area contributed by atoms with Gasteiger partial charge in [0.2, 0.25) is 11.8 Å². The van der Waals surface area contributed by atoms with Crippen molar-refractivity contribution in [2.75, 3.05) is 26.6 Å². The van der Waals surface area contributed by atoms with Crippen LogP contribution in [-0.2, 0) is 9.59 Å². The van der Waals surface area contributed by atoms with Crippen LogP contribution in [-0.4, -0.2) is 49.8 Å². The van der Waals surface area contributed by atoms with Crippen LogP contribution in [0.25, 0.3) is 0 Å². The van der Waals surface area contributed by atoms with Crippen LogP contribution in [0.1, 0.15) is 12.0 Å². The SMILES string of the molecule is COc1cccc(NC(=O)CC2S/C(=N/N=C/c3ccc(OC)c(OC)c3)NC2=O)c1. The van der Waals surface area contributed by atoms with E-state index in [1.165, 1.54) is 6.21 Å². The molecule has 0 aromatic heterocycles. The topological polar surface area (TPSA) is 111 Å². The number of carbonyl (C=O) groups is 2. The molecule has 10 heteroatoms. The summed E-state index contributed by atoms with van der Waals surface area (Å²) in [5.41, 5.74) is 1.35. The van der Waals surface area contributed by atoms with Gasteiger partial charge >= 0.3 is 0 Å². The van der Waals surface area contributed by atoms with E-state index in [9.17, 15) is 9.59 Å². The zero-order valence-electron chi connectivity index (χ0n) is 17.2. The van der Waals surface area contributed by atoms with E-state index in [1.54, 1.807) is 63.8 Å². The lowest BCUT2D eigenvalue weighted by atomic mass is 10.2. The van der Waals surface area contributed by atoms with Crippen molar-refractivity contribution in [3.63, 3.8) is 0 Å². The van der Waals surface area contributed by atoms with Gasteiger partial charge in [0.15, 0.2) is 16.7 Å². The van der Waals surface area contributed by atoms with Gasteiger partial charge in [0.1, 0.15) is 11.0 Å². The molecular weight excluding hydrogens is 420 g/mol. The second kappa shape index (κ2) is 10.5. The molecule has 1 fully saturated rings. The van der Waals surface area contributed by atoms with E-state index in [4.69, 9.17) is 14.2 Å². The number of nitrogens with one attached hydrogen (secondary N) is 2. The third-order valence-electron chi connectivity index (χ3n) is 4.26. The molecule has 0 saturated carbocycles. The summed E-state index contributed by atoms with van der Waals surface area (Å²) in [5, 5.41) is 13.2. The van der Waals surface area contributed by atoms with Gasteiger partial charge in [0.25, 0.3) is 0 Å². The zero-order chi connectivity index (χ0) is 22.2. The molecular formula is C21H22N4O5S. The minimum Gasteiger partial charge on any atom is -0.497 e. The number of carbonyl (C=O) groups excluding carboxylic acids is 2. The van der Waals surface area contributed by atoms with Gasteiger partial charge in [0, 0.05) is 18.2 Å². The fourth-order valence-corrected chi connectivity index (χ4v) is 3.67. The van der Waals surface area contributed by atoms with Crippen LogP contribution in [0.3, 0.4) is 0 Å². The van der Waals surface area contributed by atoms with Gasteiger partial charge < -0.3 is 24.8 Å². The number of amides is 2. The van der Waals surface area contributed by atoms with E-state index >= 15 is 0 Å². The predicted octanol–water partition coefficient (Wildman–Crippen LogP) is 2.66. The molecule has 1 aliphatic rings. The summed E-state index contributed by atoms with van der Waals surface area (Å²) in [5.74, 6) is 1.25. The lowest BCUT2D eigenvalue weighted by Crippen LogP contribution is -2.28. The Morgan fingerprint density at radius 2 is 1.94 bits per heavy atom. The van der Waals surface area contributed by atoms with Gasteiger partial charge in [-0.1, -0.05) is 17.8 Å². The molecule has 2 aromatic rings. The number of rotatable bonds is 8. The maximum atomic E-state index is 12.3. The number of ether oxygens (including phenoxy) is 3. The van der Waals surface area contributed by atoms with E-state index < -0.39 is 5.25 Å². The van der Waals surface area contributed by atoms with Crippen molar-refractivity contribution >= 4 is 40.6 Å². The van der Waals surface area contributed by atoms with Gasteiger partial charge in [-0.3, -0.25) is 9.59 Å². The van der Waals surface area contributed by atoms with Crippen LogP contribution in [0.15, 0.2) is 52.7 Å². The Balaban J connectivity index is 1.57. The Labute approximate surface area is 183 Å². The van der Waals surface area contributed by atoms with Gasteiger partial charge in [0.05, 0.1) is 27.5 Å². The quantitative estimate of drug-likeness (QED) is 0.480. The fourth-order valence-electron chi connectivity index (χ4n) is 2.75. The monoisotopic (exact) mass is 442 g/mol. The van der Waals surface area contributed by atoms with Gasteiger partial charge in [-0.05, 0) is 35.9 Å². The molecule has 1 unspecified atom stereocenters. The summed E-state index contributed by atoms with van der Waals surface area (Å²) in [4.78, 5) is 24.5. The predicted molar refractivity (Wildman–Crippen MR) is 120 cm³/mol. The number of hydrogen-bond donors (Lipinski definition) is 2. The largest absolute Gasteiger partial charge is 0.497 e. The number of amidine groups is 1. The summed E-state index contributed by atoms with van der Waals surface area (Å²) in [6, 6.07) is 12.3. The fraction of sp³-hybridized carbons (Fsp3) is 0.238. The van der Waals surface area contributed by atoms with E-state index in [1.807, 2.05) is 0 Å². The summed E-state index contributed by atoms with van der Waals surface area (Å²) in [6.07, 6.45) is 1.54. The summed E-state index contributed by atoms with van der Waals surface area (Å²) >= 11 is 1.16. The molecule has 3 rings (SSSR count). The summed E-state index contributed by atoms with van der Waals surface area (Å²) < 4.78 is 15.6. The smallest absolute Gasteiger partial charge is 0.240 e. The van der Waals surface area contributed by atoms with Crippen molar-refractivity contribution in [1.82, 2.24) is 5.32 Å². The number of nitrogens with zero attached hydrogens (tertiary/aromatic N) is 2. The number of anilines is 1. The molecule has 0 radical (unpaired) electrons. The van der Waals surface area contributed by atoms with Crippen LogP contribution in [0.4, 0.5) is 5.69 Å². The van der Waals surface area contributed by atoms with Crippen molar-refractivity contribution in [2.45, 2.75) is 11.7 Å². The first-order valence-corrected chi connectivity index (χ1v) is 10.1. The average Bonchev–Trinajstić information content (AvgIpc) is 3.12. The maximum Gasteiger partial charge on any atom is 0.240 e. The third kappa shape index (κ3) is 5.98. The Kier molecular flexibility index (Phi) is 7.50. The van der Waals surface area contributed by atoms with Crippen LogP contribution in [0, 0.1) is 0 Å². The molecule has 9 nitrogen and oxygen atoms in total. The van der Waals surface area contributed by atoms with Crippen LogP contribution >= 0.6 is 11.8 Å². The lowest BCUT2D eigenvalue weighted by molar-refractivity contribution is -0.122. The molecule has 2 aromatic carbocycles. The molecule has 1 aliphatic heterocycles. The normalized spacial score (nSPS) is 16.9. The Morgan fingerprint density at radius 3 is 2.68 bits per heavy atom. The van der Waals surface area contributed by atoms with Crippen molar-refractivity contribution in [3.8, 4) is 17.2 Å². The van der Waals surface area contributed by atoms with Crippen LogP contribution < -0.4 is 24.8 Å². The number of benzene rings is 2. The third-order valence-corrected chi connectivity index (χ3v) is 5.34. The lowest BCUT2D eigenvalue weighted by Gasteiger charge is -2.08. The minimum atomic E-state index is -0.583. The van der Waals surface area contributed by atoms with Crippen molar-refractivity contribution in [3.05, 3.63) is 48.0 Å². The molecule has 31 heavy (non-hydrogen) atoms. The zero-order valence-corrected chi connectivity index (χ0v) is 18.1. The van der Waals surface area contributed by atoms with Crippen LogP contribution in [0.2, 0.25) is 0 Å². The van der Waals surface area contributed by atoms with E-state index in [0.717, 1.165) is 17.3 Å². The number of thioether (sulfide) groups is 1. The summed E-state index contributed by atoms with van der Waals surface area (Å²) in [7, 11) is 4.66. The second-order valence-corrected chi connectivity index (χ2v) is 7.54. The highest BCUT2D eigenvalue weighted by Crippen LogP contribution is 2.27. The van der Waals surface area contributed by atoms with Gasteiger partial charge in [-0.2, -0.15) is 5.10 Å². The standard InChI is InChI=1S/C21H22N4O5S/c1-28-15-6-4-5-14(10-15)23-19(26)11-18-20(27)24-21(31-18)25-22-12-13-7-8-16(29-2)17(9-13)30-3/h4-10,12,18H,11H2,1-3H3,(H,23,26)(H,24,25,27)/b22-12+. The number of methoxy groups -OCH3 is 3. The highest BCUT2D eigenvalue weighted by atomic mass is 32.2. The van der Waals surface area contributed by atoms with E-state index in [-0.39, 0.29) is 18.2 Å². The first-order valence-electron chi connectivity index (χ1n) is 9.27. The van der Waals surface area contributed by atoms with E-state index in [2.05, 4.69) is 20.8 Å². The molecule has 1 heterocycles. The minimum absolute atomic E-state index is 0.00607. The second-order valence-electron chi connectivity index (χ2n) is 6.34. The van der Waals surface area contributed by atoms with Crippen LogP contribution in [0.5, 0.6) is 17.2 Å². The highest BCUT2D eigenvalue weighted by Gasteiger charge is 2.32. The first-order chi connectivity index (χ1) is 15.0. The Bertz CT molecular complexity index is 1020. The molecule has 2 N–H and O–H groups in total. The first kappa shape index (κ1) is 22.2. The summed E-state index contributed by atoms with van der Waals surface area (Å²) in [6.45, 7) is 0. The average molecular weight is 442 g/mol. The molecule has 162 valence electrons. The van der Waals surface area contributed by atoms with Gasteiger partial charge in [-0.25, -0.2) is 0 Å². The van der Waals surface area contributed by atoms with Gasteiger partial charge in [-0.15, -0.1) is 5.10 Å². The van der Waals surface area contributed by atoms with Crippen molar-refractivity contribution in [2.24, 2.45) is 10.2 Å².